The lowest BCUT2D eigenvalue weighted by Crippen LogP contribution is -2.45. The van der Waals surface area contributed by atoms with Gasteiger partial charge in [0.1, 0.15) is 11.5 Å². The third-order valence-electron chi connectivity index (χ3n) is 3.78. The fourth-order valence-electron chi connectivity index (χ4n) is 2.76. The van der Waals surface area contributed by atoms with Gasteiger partial charge in [-0.3, -0.25) is 4.90 Å². The highest BCUT2D eigenvalue weighted by Gasteiger charge is 2.23. The van der Waals surface area contributed by atoms with Gasteiger partial charge in [-0.05, 0) is 12.5 Å². The highest BCUT2D eigenvalue weighted by Crippen LogP contribution is 2.34. The Morgan fingerprint density at radius 1 is 1.14 bits per heavy atom. The van der Waals surface area contributed by atoms with E-state index in [1.54, 1.807) is 14.2 Å². The van der Waals surface area contributed by atoms with Crippen molar-refractivity contribution in [3.05, 3.63) is 23.8 Å². The molecule has 0 spiro atoms. The third-order valence-corrected chi connectivity index (χ3v) is 3.78. The van der Waals surface area contributed by atoms with Crippen molar-refractivity contribution in [2.45, 2.75) is 19.4 Å². The number of hydrogen-bond acceptors (Lipinski definition) is 4. The van der Waals surface area contributed by atoms with Gasteiger partial charge in [0.15, 0.2) is 0 Å². The van der Waals surface area contributed by atoms with Gasteiger partial charge in [-0.15, -0.1) is 24.8 Å². The minimum Gasteiger partial charge on any atom is -0.497 e. The summed E-state index contributed by atoms with van der Waals surface area (Å²) in [5, 5.41) is 3.40. The molecule has 1 saturated heterocycles. The summed E-state index contributed by atoms with van der Waals surface area (Å²) in [5.74, 6) is 1.76. The van der Waals surface area contributed by atoms with E-state index in [1.165, 1.54) is 5.56 Å². The zero-order valence-electron chi connectivity index (χ0n) is 12.9. The molecule has 1 aromatic rings. The number of ether oxygens (including phenoxy) is 2. The molecule has 1 aliphatic heterocycles. The first-order valence-electron chi connectivity index (χ1n) is 6.96. The van der Waals surface area contributed by atoms with Crippen molar-refractivity contribution in [1.29, 1.82) is 0 Å². The first-order valence-corrected chi connectivity index (χ1v) is 6.96. The maximum absolute atomic E-state index is 5.54. The van der Waals surface area contributed by atoms with Gasteiger partial charge in [0.05, 0.1) is 14.2 Å². The molecule has 1 N–H and O–H groups in total. The Bertz CT molecular complexity index is 413. The van der Waals surface area contributed by atoms with E-state index in [-0.39, 0.29) is 24.8 Å². The topological polar surface area (TPSA) is 33.7 Å². The van der Waals surface area contributed by atoms with E-state index < -0.39 is 0 Å². The van der Waals surface area contributed by atoms with Crippen molar-refractivity contribution >= 4 is 24.8 Å². The standard InChI is InChI=1S/C15H24N2O2.2ClH/c1-4-14(17-9-7-16-8-10-17)13-6-5-12(18-2)11-15(13)19-3;;/h5-6,11,14,16H,4,7-10H2,1-3H3;2*1H/t14-;;/m0../s1. The second kappa shape index (κ2) is 10.1. The Kier molecular flexibility index (Phi) is 9.79. The van der Waals surface area contributed by atoms with Crippen LogP contribution in [0.25, 0.3) is 0 Å². The van der Waals surface area contributed by atoms with Crippen molar-refractivity contribution in [1.82, 2.24) is 10.2 Å². The highest BCUT2D eigenvalue weighted by atomic mass is 35.5. The van der Waals surface area contributed by atoms with Gasteiger partial charge in [-0.1, -0.05) is 13.0 Å². The molecule has 0 unspecified atom stereocenters. The zero-order chi connectivity index (χ0) is 13.7. The maximum atomic E-state index is 5.54. The number of benzene rings is 1. The van der Waals surface area contributed by atoms with Crippen LogP contribution < -0.4 is 14.8 Å². The average molecular weight is 337 g/mol. The molecular formula is C15H26Cl2N2O2. The molecule has 6 heteroatoms. The van der Waals surface area contributed by atoms with E-state index in [0.29, 0.717) is 6.04 Å². The largest absolute Gasteiger partial charge is 0.497 e. The van der Waals surface area contributed by atoms with Crippen LogP contribution in [0.5, 0.6) is 11.5 Å². The zero-order valence-corrected chi connectivity index (χ0v) is 14.6. The fourth-order valence-corrected chi connectivity index (χ4v) is 2.76. The van der Waals surface area contributed by atoms with Crippen LogP contribution >= 0.6 is 24.8 Å². The van der Waals surface area contributed by atoms with Crippen molar-refractivity contribution < 1.29 is 9.47 Å². The van der Waals surface area contributed by atoms with Gasteiger partial charge in [0.25, 0.3) is 0 Å². The van der Waals surface area contributed by atoms with Crippen molar-refractivity contribution in [2.75, 3.05) is 40.4 Å². The number of methoxy groups -OCH3 is 2. The van der Waals surface area contributed by atoms with E-state index in [4.69, 9.17) is 9.47 Å². The summed E-state index contributed by atoms with van der Waals surface area (Å²) in [6, 6.07) is 6.54. The third kappa shape index (κ3) is 4.92. The van der Waals surface area contributed by atoms with Gasteiger partial charge in [0, 0.05) is 43.9 Å². The summed E-state index contributed by atoms with van der Waals surface area (Å²) in [7, 11) is 3.41. The number of nitrogens with zero attached hydrogens (tertiary/aromatic N) is 1. The Morgan fingerprint density at radius 2 is 1.81 bits per heavy atom. The van der Waals surface area contributed by atoms with Crippen LogP contribution in [0, 0.1) is 0 Å². The highest BCUT2D eigenvalue weighted by molar-refractivity contribution is 5.85. The molecule has 1 fully saturated rings. The monoisotopic (exact) mass is 336 g/mol. The first kappa shape index (κ1) is 20.3. The molecule has 2 rings (SSSR count). The number of rotatable bonds is 5. The van der Waals surface area contributed by atoms with Crippen LogP contribution in [0.4, 0.5) is 0 Å². The molecular weight excluding hydrogens is 311 g/mol. The summed E-state index contributed by atoms with van der Waals surface area (Å²) >= 11 is 0. The maximum Gasteiger partial charge on any atom is 0.127 e. The number of nitrogens with one attached hydrogen (secondary N) is 1. The summed E-state index contributed by atoms with van der Waals surface area (Å²) < 4.78 is 10.8. The Balaban J connectivity index is 0.00000200. The van der Waals surface area contributed by atoms with Crippen molar-refractivity contribution in [3.63, 3.8) is 0 Å². The van der Waals surface area contributed by atoms with Crippen molar-refractivity contribution in [3.8, 4) is 11.5 Å². The van der Waals surface area contributed by atoms with Crippen LogP contribution in [-0.4, -0.2) is 45.3 Å². The van der Waals surface area contributed by atoms with E-state index in [2.05, 4.69) is 23.2 Å². The molecule has 1 heterocycles. The lowest BCUT2D eigenvalue weighted by Gasteiger charge is -2.35. The van der Waals surface area contributed by atoms with Crippen LogP contribution in [0.1, 0.15) is 24.9 Å². The minimum atomic E-state index is 0. The fraction of sp³-hybridized carbons (Fsp3) is 0.600. The number of halogens is 2. The normalized spacial score (nSPS) is 16.3. The molecule has 122 valence electrons. The van der Waals surface area contributed by atoms with Gasteiger partial charge in [-0.2, -0.15) is 0 Å². The quantitative estimate of drug-likeness (QED) is 0.896. The Hall–Kier alpha value is -0.680. The Labute approximate surface area is 140 Å². The lowest BCUT2D eigenvalue weighted by atomic mass is 10.0. The second-order valence-electron chi connectivity index (χ2n) is 4.82. The second-order valence-corrected chi connectivity index (χ2v) is 4.82. The Morgan fingerprint density at radius 3 is 2.33 bits per heavy atom. The van der Waals surface area contributed by atoms with Crippen LogP contribution in [0.2, 0.25) is 0 Å². The summed E-state index contributed by atoms with van der Waals surface area (Å²) in [6.07, 6.45) is 1.09. The first-order chi connectivity index (χ1) is 9.30. The summed E-state index contributed by atoms with van der Waals surface area (Å²) in [6.45, 7) is 6.54. The van der Waals surface area contributed by atoms with Crippen molar-refractivity contribution in [2.24, 2.45) is 0 Å². The van der Waals surface area contributed by atoms with E-state index in [0.717, 1.165) is 44.1 Å². The van der Waals surface area contributed by atoms with Crippen LogP contribution in [0.15, 0.2) is 18.2 Å². The molecule has 1 aliphatic rings. The van der Waals surface area contributed by atoms with E-state index in [1.807, 2.05) is 12.1 Å². The predicted octanol–water partition coefficient (Wildman–Crippen LogP) is 2.90. The molecule has 0 saturated carbocycles. The minimum absolute atomic E-state index is 0. The van der Waals surface area contributed by atoms with Crippen LogP contribution in [-0.2, 0) is 0 Å². The smallest absolute Gasteiger partial charge is 0.127 e. The molecule has 0 bridgehead atoms. The van der Waals surface area contributed by atoms with Gasteiger partial charge < -0.3 is 14.8 Å². The van der Waals surface area contributed by atoms with Gasteiger partial charge in [0.2, 0.25) is 0 Å². The molecule has 0 amide bonds. The number of hydrogen-bond donors (Lipinski definition) is 1. The lowest BCUT2D eigenvalue weighted by molar-refractivity contribution is 0.166. The average Bonchev–Trinajstić information content (AvgIpc) is 2.49. The molecule has 0 aromatic heterocycles. The summed E-state index contributed by atoms with van der Waals surface area (Å²) in [4.78, 5) is 2.53. The molecule has 1 aromatic carbocycles. The van der Waals surface area contributed by atoms with E-state index >= 15 is 0 Å². The van der Waals surface area contributed by atoms with Crippen LogP contribution in [0.3, 0.4) is 0 Å². The van der Waals surface area contributed by atoms with Gasteiger partial charge >= 0.3 is 0 Å². The molecule has 0 aliphatic carbocycles. The molecule has 4 nitrogen and oxygen atoms in total. The van der Waals surface area contributed by atoms with Gasteiger partial charge in [-0.25, -0.2) is 0 Å². The molecule has 21 heavy (non-hydrogen) atoms. The SMILES string of the molecule is CC[C@@H](c1ccc(OC)cc1OC)N1CCNCC1.Cl.Cl. The molecule has 1 atom stereocenters. The number of piperazine rings is 1. The predicted molar refractivity (Wildman–Crippen MR) is 91.5 cm³/mol. The summed E-state index contributed by atoms with van der Waals surface area (Å²) in [5.41, 5.74) is 1.26. The van der Waals surface area contributed by atoms with E-state index in [9.17, 15) is 0 Å². The molecule has 0 radical (unpaired) electrons.